The summed E-state index contributed by atoms with van der Waals surface area (Å²) in [5, 5.41) is 0. The molecule has 156 valence electrons. The largest absolute Gasteiger partial charge is 0.334 e. The fourth-order valence-corrected chi connectivity index (χ4v) is 6.48. The first-order chi connectivity index (χ1) is 14.5. The molecule has 2 bridgehead atoms. The van der Waals surface area contributed by atoms with E-state index in [0.29, 0.717) is 5.56 Å². The summed E-state index contributed by atoms with van der Waals surface area (Å²) in [4.78, 5) is 38.9. The quantitative estimate of drug-likeness (QED) is 0.789. The SMILES string of the molecule is CC(=O)N1[C@@H](Cc2ccccc2)[C@@H]2C[C@@]3(C)[C@H](CCC[C@@H]13)N2C(=O)c1cncnc1. The fourth-order valence-electron chi connectivity index (χ4n) is 6.48. The summed E-state index contributed by atoms with van der Waals surface area (Å²) < 4.78 is 0. The van der Waals surface area contributed by atoms with Crippen LogP contribution in [-0.4, -0.2) is 55.7 Å². The van der Waals surface area contributed by atoms with Gasteiger partial charge in [-0.1, -0.05) is 37.3 Å². The average molecular weight is 405 g/mol. The van der Waals surface area contributed by atoms with Crippen LogP contribution in [0.2, 0.25) is 0 Å². The van der Waals surface area contributed by atoms with Crippen molar-refractivity contribution in [2.75, 3.05) is 0 Å². The average Bonchev–Trinajstić information content (AvgIpc) is 3.07. The lowest BCUT2D eigenvalue weighted by Gasteiger charge is -2.52. The fraction of sp³-hybridized carbons (Fsp3) is 0.500. The van der Waals surface area contributed by atoms with Gasteiger partial charge in [-0.15, -0.1) is 0 Å². The lowest BCUT2D eigenvalue weighted by molar-refractivity contribution is -0.142. The summed E-state index contributed by atoms with van der Waals surface area (Å²) in [6, 6.07) is 10.6. The van der Waals surface area contributed by atoms with E-state index in [2.05, 4.69) is 38.8 Å². The molecule has 1 aliphatic carbocycles. The Morgan fingerprint density at radius 3 is 2.40 bits per heavy atom. The van der Waals surface area contributed by atoms with Crippen molar-refractivity contribution >= 4 is 11.8 Å². The van der Waals surface area contributed by atoms with Crippen LogP contribution in [0.3, 0.4) is 0 Å². The summed E-state index contributed by atoms with van der Waals surface area (Å²) in [5.41, 5.74) is 1.67. The normalized spacial score (nSPS) is 32.2. The number of likely N-dealkylation sites (tertiary alicyclic amines) is 2. The zero-order valence-corrected chi connectivity index (χ0v) is 17.6. The Hall–Kier alpha value is -2.76. The molecule has 0 N–H and O–H groups in total. The monoisotopic (exact) mass is 404 g/mol. The third kappa shape index (κ3) is 2.84. The predicted molar refractivity (Wildman–Crippen MR) is 113 cm³/mol. The van der Waals surface area contributed by atoms with Gasteiger partial charge in [0.1, 0.15) is 6.33 Å². The van der Waals surface area contributed by atoms with Crippen molar-refractivity contribution in [2.45, 2.75) is 70.1 Å². The van der Waals surface area contributed by atoms with E-state index >= 15 is 0 Å². The van der Waals surface area contributed by atoms with E-state index in [1.165, 1.54) is 11.9 Å². The van der Waals surface area contributed by atoms with Gasteiger partial charge in [-0.2, -0.15) is 0 Å². The molecule has 6 nitrogen and oxygen atoms in total. The number of nitrogens with zero attached hydrogens (tertiary/aromatic N) is 4. The highest BCUT2D eigenvalue weighted by molar-refractivity contribution is 5.94. The molecule has 2 amide bonds. The standard InChI is InChI=1S/C24H28N4O2/c1-16(29)27-19(11-17-7-4-3-5-8-17)20-12-24(2)21(27)9-6-10-22(24)28(20)23(30)18-13-25-15-26-14-18/h3-5,7-8,13-15,19-22H,6,9-12H2,1-2H3/t19-,20-,21+,22-,24+/m0/s1. The summed E-state index contributed by atoms with van der Waals surface area (Å²) in [7, 11) is 0. The van der Waals surface area contributed by atoms with Crippen molar-refractivity contribution in [3.63, 3.8) is 0 Å². The first-order valence-corrected chi connectivity index (χ1v) is 10.9. The molecule has 0 radical (unpaired) electrons. The minimum absolute atomic E-state index is 0.00145. The maximum atomic E-state index is 13.6. The van der Waals surface area contributed by atoms with Gasteiger partial charge in [-0.25, -0.2) is 9.97 Å². The molecule has 0 unspecified atom stereocenters. The number of aromatic nitrogens is 2. The van der Waals surface area contributed by atoms with Gasteiger partial charge in [-0.3, -0.25) is 9.59 Å². The Kier molecular flexibility index (Phi) is 4.60. The molecule has 1 aromatic carbocycles. The third-order valence-corrected chi connectivity index (χ3v) is 7.65. The van der Waals surface area contributed by atoms with Crippen LogP contribution in [0.1, 0.15) is 55.5 Å². The molecule has 0 spiro atoms. The number of carbonyl (C=O) groups is 2. The Balaban J connectivity index is 1.59. The van der Waals surface area contributed by atoms with Crippen LogP contribution in [0.4, 0.5) is 0 Å². The van der Waals surface area contributed by atoms with Crippen molar-refractivity contribution in [1.29, 1.82) is 0 Å². The molecule has 2 saturated heterocycles. The molecule has 6 heteroatoms. The molecule has 2 aliphatic heterocycles. The number of hydrogen-bond donors (Lipinski definition) is 0. The van der Waals surface area contributed by atoms with Crippen molar-refractivity contribution in [1.82, 2.24) is 19.8 Å². The zero-order chi connectivity index (χ0) is 20.9. The number of piperidine rings is 1. The van der Waals surface area contributed by atoms with Crippen molar-refractivity contribution in [2.24, 2.45) is 5.41 Å². The van der Waals surface area contributed by atoms with Crippen molar-refractivity contribution < 1.29 is 9.59 Å². The van der Waals surface area contributed by atoms with Gasteiger partial charge in [0.05, 0.1) is 17.6 Å². The predicted octanol–water partition coefficient (Wildman–Crippen LogP) is 3.09. The van der Waals surface area contributed by atoms with E-state index in [1.807, 2.05) is 18.2 Å². The van der Waals surface area contributed by atoms with Crippen LogP contribution in [-0.2, 0) is 11.2 Å². The lowest BCUT2D eigenvalue weighted by Crippen LogP contribution is -2.62. The number of hydrogen-bond acceptors (Lipinski definition) is 4. The molecule has 5 rings (SSSR count). The number of amides is 2. The maximum absolute atomic E-state index is 13.6. The van der Waals surface area contributed by atoms with Crippen LogP contribution in [0, 0.1) is 5.41 Å². The highest BCUT2D eigenvalue weighted by Gasteiger charge is 2.64. The summed E-state index contributed by atoms with van der Waals surface area (Å²) >= 11 is 0. The summed E-state index contributed by atoms with van der Waals surface area (Å²) in [6.07, 6.45) is 9.42. The van der Waals surface area contributed by atoms with Crippen molar-refractivity contribution in [3.05, 3.63) is 60.2 Å². The molecule has 3 heterocycles. The molecule has 3 fully saturated rings. The molecule has 3 aliphatic rings. The Morgan fingerprint density at radius 2 is 1.73 bits per heavy atom. The second-order valence-electron chi connectivity index (χ2n) is 9.26. The highest BCUT2D eigenvalue weighted by atomic mass is 16.2. The van der Waals surface area contributed by atoms with Gasteiger partial charge in [-0.05, 0) is 37.7 Å². The number of benzene rings is 1. The zero-order valence-electron chi connectivity index (χ0n) is 17.6. The van der Waals surface area contributed by atoms with Gasteiger partial charge in [0.15, 0.2) is 0 Å². The van der Waals surface area contributed by atoms with Crippen LogP contribution in [0.5, 0.6) is 0 Å². The molecule has 1 saturated carbocycles. The Morgan fingerprint density at radius 1 is 1.07 bits per heavy atom. The van der Waals surface area contributed by atoms with Crippen molar-refractivity contribution in [3.8, 4) is 0 Å². The van der Waals surface area contributed by atoms with Crippen LogP contribution in [0.15, 0.2) is 49.1 Å². The number of rotatable bonds is 3. The minimum Gasteiger partial charge on any atom is -0.334 e. The smallest absolute Gasteiger partial charge is 0.257 e. The number of fused-ring (bicyclic) bond motifs is 1. The number of carbonyl (C=O) groups excluding carboxylic acids is 2. The molecule has 30 heavy (non-hydrogen) atoms. The van der Waals surface area contributed by atoms with E-state index in [4.69, 9.17) is 0 Å². The first-order valence-electron chi connectivity index (χ1n) is 10.9. The third-order valence-electron chi connectivity index (χ3n) is 7.65. The molecule has 2 aromatic rings. The highest BCUT2D eigenvalue weighted by Crippen LogP contribution is 2.56. The maximum Gasteiger partial charge on any atom is 0.257 e. The lowest BCUT2D eigenvalue weighted by atomic mass is 9.64. The first kappa shape index (κ1) is 19.2. The second kappa shape index (κ2) is 7.18. The van der Waals surface area contributed by atoms with Crippen LogP contribution >= 0.6 is 0 Å². The molecular formula is C24H28N4O2. The molecule has 1 aromatic heterocycles. The van der Waals surface area contributed by atoms with E-state index in [0.717, 1.165) is 32.1 Å². The van der Waals surface area contributed by atoms with E-state index in [-0.39, 0.29) is 41.4 Å². The Labute approximate surface area is 177 Å². The van der Waals surface area contributed by atoms with Crippen LogP contribution in [0.25, 0.3) is 0 Å². The van der Waals surface area contributed by atoms with E-state index in [1.54, 1.807) is 19.3 Å². The van der Waals surface area contributed by atoms with E-state index < -0.39 is 0 Å². The topological polar surface area (TPSA) is 66.4 Å². The van der Waals surface area contributed by atoms with Gasteiger partial charge in [0.25, 0.3) is 5.91 Å². The Bertz CT molecular complexity index is 950. The summed E-state index contributed by atoms with van der Waals surface area (Å²) in [6.45, 7) is 3.98. The minimum atomic E-state index is -0.0624. The second-order valence-corrected chi connectivity index (χ2v) is 9.26. The molecule has 5 atom stereocenters. The van der Waals surface area contributed by atoms with Gasteiger partial charge in [0.2, 0.25) is 5.91 Å². The molecular weight excluding hydrogens is 376 g/mol. The summed E-state index contributed by atoms with van der Waals surface area (Å²) in [5.74, 6) is 0.119. The van der Waals surface area contributed by atoms with Crippen LogP contribution < -0.4 is 0 Å². The van der Waals surface area contributed by atoms with Gasteiger partial charge < -0.3 is 9.80 Å². The van der Waals surface area contributed by atoms with E-state index in [9.17, 15) is 9.59 Å². The van der Waals surface area contributed by atoms with Gasteiger partial charge >= 0.3 is 0 Å². The van der Waals surface area contributed by atoms with Gasteiger partial charge in [0, 0.05) is 36.8 Å².